The maximum absolute atomic E-state index is 12.2. The van der Waals surface area contributed by atoms with Crippen LogP contribution in [0.5, 0.6) is 0 Å². The Hall–Kier alpha value is -2.40. The molecule has 1 heterocycles. The summed E-state index contributed by atoms with van der Waals surface area (Å²) in [4.78, 5) is 28.0. The quantitative estimate of drug-likeness (QED) is 0.859. The molecule has 5 nitrogen and oxygen atoms in total. The lowest BCUT2D eigenvalue weighted by Crippen LogP contribution is -2.32. The molecule has 1 amide bonds. The highest BCUT2D eigenvalue weighted by molar-refractivity contribution is 6.33. The van der Waals surface area contributed by atoms with E-state index >= 15 is 0 Å². The Labute approximate surface area is 133 Å². The lowest BCUT2D eigenvalue weighted by molar-refractivity contribution is -0.124. The first-order valence-corrected chi connectivity index (χ1v) is 7.16. The predicted octanol–water partition coefficient (Wildman–Crippen LogP) is 3.31. The fourth-order valence-corrected chi connectivity index (χ4v) is 1.97. The van der Waals surface area contributed by atoms with Gasteiger partial charge in [0.25, 0.3) is 5.91 Å². The van der Waals surface area contributed by atoms with E-state index in [0.717, 1.165) is 0 Å². The van der Waals surface area contributed by atoms with Crippen molar-refractivity contribution in [2.24, 2.45) is 0 Å². The van der Waals surface area contributed by atoms with Crippen LogP contribution >= 0.6 is 11.6 Å². The highest BCUT2D eigenvalue weighted by Crippen LogP contribution is 2.21. The zero-order chi connectivity index (χ0) is 15.9. The van der Waals surface area contributed by atoms with Gasteiger partial charge in [-0.3, -0.25) is 9.78 Å². The number of ether oxygens (including phenoxy) is 1. The molecule has 0 aliphatic heterocycles. The van der Waals surface area contributed by atoms with Gasteiger partial charge in [0.2, 0.25) is 0 Å². The number of halogens is 1. The summed E-state index contributed by atoms with van der Waals surface area (Å²) < 4.78 is 5.24. The van der Waals surface area contributed by atoms with Crippen LogP contribution < -0.4 is 5.32 Å². The molecule has 0 saturated heterocycles. The smallest absolute Gasteiger partial charge is 0.339 e. The number of benzene rings is 1. The van der Waals surface area contributed by atoms with Crippen LogP contribution in [0.2, 0.25) is 5.02 Å². The number of aromatic nitrogens is 1. The number of rotatable bonds is 5. The van der Waals surface area contributed by atoms with Gasteiger partial charge in [0.15, 0.2) is 6.10 Å². The molecule has 1 aromatic heterocycles. The standard InChI is InChI=1S/C16H15ClN2O3/c1-2-14(22-16(21)11-7-9-18-10-8-11)15(20)19-13-6-4-3-5-12(13)17/h3-10,14H,2H2,1H3,(H,19,20). The number of hydrogen-bond acceptors (Lipinski definition) is 4. The van der Waals surface area contributed by atoms with Crippen LogP contribution in [0.1, 0.15) is 23.7 Å². The van der Waals surface area contributed by atoms with Gasteiger partial charge in [-0.05, 0) is 30.7 Å². The normalized spacial score (nSPS) is 11.5. The second-order valence-corrected chi connectivity index (χ2v) is 4.91. The third kappa shape index (κ3) is 4.05. The van der Waals surface area contributed by atoms with Gasteiger partial charge in [0, 0.05) is 12.4 Å². The summed E-state index contributed by atoms with van der Waals surface area (Å²) in [5, 5.41) is 3.08. The lowest BCUT2D eigenvalue weighted by Gasteiger charge is -2.16. The molecular formula is C16H15ClN2O3. The summed E-state index contributed by atoms with van der Waals surface area (Å²) in [6, 6.07) is 9.92. The van der Waals surface area contributed by atoms with Crippen molar-refractivity contribution in [1.82, 2.24) is 4.98 Å². The van der Waals surface area contributed by atoms with Gasteiger partial charge in [0.1, 0.15) is 0 Å². The van der Waals surface area contributed by atoms with Gasteiger partial charge in [-0.1, -0.05) is 30.7 Å². The van der Waals surface area contributed by atoms with E-state index in [4.69, 9.17) is 16.3 Å². The minimum absolute atomic E-state index is 0.346. The first kappa shape index (κ1) is 16.0. The molecule has 1 aromatic carbocycles. The maximum Gasteiger partial charge on any atom is 0.339 e. The van der Waals surface area contributed by atoms with Crippen molar-refractivity contribution >= 4 is 29.2 Å². The number of nitrogens with zero attached hydrogens (tertiary/aromatic N) is 1. The molecule has 0 bridgehead atoms. The Morgan fingerprint density at radius 3 is 2.55 bits per heavy atom. The Balaban J connectivity index is 2.03. The van der Waals surface area contributed by atoms with E-state index < -0.39 is 18.0 Å². The maximum atomic E-state index is 12.2. The molecule has 1 unspecified atom stereocenters. The number of nitrogens with one attached hydrogen (secondary N) is 1. The van der Waals surface area contributed by atoms with Gasteiger partial charge in [-0.15, -0.1) is 0 Å². The summed E-state index contributed by atoms with van der Waals surface area (Å²) >= 11 is 5.99. The van der Waals surface area contributed by atoms with Gasteiger partial charge in [0.05, 0.1) is 16.3 Å². The molecule has 2 aromatic rings. The van der Waals surface area contributed by atoms with Gasteiger partial charge in [-0.2, -0.15) is 0 Å². The molecule has 0 spiro atoms. The van der Waals surface area contributed by atoms with Crippen molar-refractivity contribution in [1.29, 1.82) is 0 Å². The van der Waals surface area contributed by atoms with Crippen molar-refractivity contribution in [2.45, 2.75) is 19.4 Å². The molecule has 0 fully saturated rings. The molecule has 0 saturated carbocycles. The van der Waals surface area contributed by atoms with Crippen molar-refractivity contribution in [3.63, 3.8) is 0 Å². The average Bonchev–Trinajstić information content (AvgIpc) is 2.55. The van der Waals surface area contributed by atoms with E-state index in [9.17, 15) is 9.59 Å². The fraction of sp³-hybridized carbons (Fsp3) is 0.188. The number of carbonyl (C=O) groups is 2. The third-order valence-electron chi connectivity index (χ3n) is 2.96. The summed E-state index contributed by atoms with van der Waals surface area (Å²) in [5.74, 6) is -0.985. The topological polar surface area (TPSA) is 68.3 Å². The first-order valence-electron chi connectivity index (χ1n) is 6.78. The van der Waals surface area contributed by atoms with E-state index in [2.05, 4.69) is 10.3 Å². The highest BCUT2D eigenvalue weighted by Gasteiger charge is 2.22. The van der Waals surface area contributed by atoms with E-state index in [0.29, 0.717) is 22.7 Å². The van der Waals surface area contributed by atoms with Crippen LogP contribution in [0.15, 0.2) is 48.8 Å². The lowest BCUT2D eigenvalue weighted by atomic mass is 10.2. The van der Waals surface area contributed by atoms with Gasteiger partial charge in [-0.25, -0.2) is 4.79 Å². The molecule has 6 heteroatoms. The van der Waals surface area contributed by atoms with Crippen molar-refractivity contribution in [3.05, 3.63) is 59.4 Å². The number of carbonyl (C=O) groups excluding carboxylic acids is 2. The Bertz CT molecular complexity index is 661. The van der Waals surface area contributed by atoms with E-state index in [-0.39, 0.29) is 0 Å². The molecule has 0 aliphatic carbocycles. The molecule has 0 radical (unpaired) electrons. The van der Waals surface area contributed by atoms with E-state index in [1.54, 1.807) is 31.2 Å². The van der Waals surface area contributed by atoms with Crippen LogP contribution in [-0.2, 0) is 9.53 Å². The largest absolute Gasteiger partial charge is 0.449 e. The van der Waals surface area contributed by atoms with Crippen molar-refractivity contribution < 1.29 is 14.3 Å². The zero-order valence-corrected chi connectivity index (χ0v) is 12.7. The molecule has 1 N–H and O–H groups in total. The fourth-order valence-electron chi connectivity index (χ4n) is 1.78. The third-order valence-corrected chi connectivity index (χ3v) is 3.29. The van der Waals surface area contributed by atoms with Gasteiger partial charge < -0.3 is 10.1 Å². The Morgan fingerprint density at radius 2 is 1.91 bits per heavy atom. The number of para-hydroxylation sites is 1. The van der Waals surface area contributed by atoms with Crippen molar-refractivity contribution in [2.75, 3.05) is 5.32 Å². The first-order chi connectivity index (χ1) is 10.6. The van der Waals surface area contributed by atoms with Crippen LogP contribution in [0.4, 0.5) is 5.69 Å². The summed E-state index contributed by atoms with van der Waals surface area (Å²) in [7, 11) is 0. The molecule has 22 heavy (non-hydrogen) atoms. The van der Waals surface area contributed by atoms with Crippen LogP contribution in [-0.4, -0.2) is 23.0 Å². The molecular weight excluding hydrogens is 304 g/mol. The molecule has 114 valence electrons. The zero-order valence-electron chi connectivity index (χ0n) is 12.0. The highest BCUT2D eigenvalue weighted by atomic mass is 35.5. The minimum Gasteiger partial charge on any atom is -0.449 e. The summed E-state index contributed by atoms with van der Waals surface area (Å²) in [6.45, 7) is 1.76. The number of anilines is 1. The van der Waals surface area contributed by atoms with E-state index in [1.165, 1.54) is 24.5 Å². The Morgan fingerprint density at radius 1 is 1.23 bits per heavy atom. The minimum atomic E-state index is -0.892. The van der Waals surface area contributed by atoms with Crippen LogP contribution in [0.25, 0.3) is 0 Å². The summed E-state index contributed by atoms with van der Waals surface area (Å²) in [5.41, 5.74) is 0.826. The second kappa shape index (κ2) is 7.56. The molecule has 2 rings (SSSR count). The SMILES string of the molecule is CCC(OC(=O)c1ccncc1)C(=O)Nc1ccccc1Cl. The van der Waals surface area contributed by atoms with Gasteiger partial charge >= 0.3 is 5.97 Å². The van der Waals surface area contributed by atoms with Crippen LogP contribution in [0, 0.1) is 0 Å². The van der Waals surface area contributed by atoms with Crippen molar-refractivity contribution in [3.8, 4) is 0 Å². The predicted molar refractivity (Wildman–Crippen MR) is 83.8 cm³/mol. The molecule has 1 atom stereocenters. The number of hydrogen-bond donors (Lipinski definition) is 1. The van der Waals surface area contributed by atoms with E-state index in [1.807, 2.05) is 0 Å². The molecule has 0 aliphatic rings. The average molecular weight is 319 g/mol. The Kier molecular flexibility index (Phi) is 5.49. The second-order valence-electron chi connectivity index (χ2n) is 4.51. The number of esters is 1. The monoisotopic (exact) mass is 318 g/mol. The number of pyridine rings is 1. The van der Waals surface area contributed by atoms with Crippen LogP contribution in [0.3, 0.4) is 0 Å². The summed E-state index contributed by atoms with van der Waals surface area (Å²) in [6.07, 6.45) is 2.44. The number of amides is 1.